The molecule has 0 atom stereocenters. The maximum Gasteiger partial charge on any atom is 0.276 e. The normalized spacial score (nSPS) is 16.6. The summed E-state index contributed by atoms with van der Waals surface area (Å²) < 4.78 is 0. The van der Waals surface area contributed by atoms with E-state index < -0.39 is 4.92 Å². The Labute approximate surface area is 92.2 Å². The van der Waals surface area contributed by atoms with Crippen LogP contribution >= 0.6 is 0 Å². The van der Waals surface area contributed by atoms with Gasteiger partial charge in [0.2, 0.25) is 0 Å². The molecule has 1 fully saturated rings. The van der Waals surface area contributed by atoms with E-state index in [2.05, 4.69) is 15.7 Å². The van der Waals surface area contributed by atoms with Crippen molar-refractivity contribution in [3.63, 3.8) is 0 Å². The molecule has 1 saturated carbocycles. The lowest BCUT2D eigenvalue weighted by molar-refractivity contribution is -0.384. The highest BCUT2D eigenvalue weighted by molar-refractivity contribution is 5.55. The smallest absolute Gasteiger partial charge is 0.276 e. The predicted octanol–water partition coefficient (Wildman–Crippen LogP) is 1.24. The zero-order chi connectivity index (χ0) is 11.8. The second-order valence-corrected chi connectivity index (χ2v) is 4.18. The van der Waals surface area contributed by atoms with Gasteiger partial charge in [-0.2, -0.15) is 0 Å². The Morgan fingerprint density at radius 1 is 1.50 bits per heavy atom. The Bertz CT molecular complexity index is 430. The summed E-state index contributed by atoms with van der Waals surface area (Å²) in [5.41, 5.74) is 2.30. The van der Waals surface area contributed by atoms with Crippen molar-refractivity contribution >= 4 is 17.3 Å². The van der Waals surface area contributed by atoms with Crippen LogP contribution in [0.25, 0.3) is 0 Å². The minimum absolute atomic E-state index is 0.0219. The van der Waals surface area contributed by atoms with Crippen molar-refractivity contribution in [1.82, 2.24) is 4.98 Å². The van der Waals surface area contributed by atoms with E-state index in [4.69, 9.17) is 5.84 Å². The predicted molar refractivity (Wildman–Crippen MR) is 60.0 cm³/mol. The highest BCUT2D eigenvalue weighted by Gasteiger charge is 2.37. The maximum absolute atomic E-state index is 10.7. The number of anilines is 2. The molecule has 0 bridgehead atoms. The van der Waals surface area contributed by atoms with E-state index >= 15 is 0 Å². The number of nitro groups is 1. The molecule has 0 unspecified atom stereocenters. The number of rotatable bonds is 4. The first-order valence-electron chi connectivity index (χ1n) is 4.94. The molecule has 7 heteroatoms. The van der Waals surface area contributed by atoms with Crippen molar-refractivity contribution in [1.29, 1.82) is 0 Å². The Balaban J connectivity index is 2.29. The summed E-state index contributed by atoms with van der Waals surface area (Å²) in [6, 6.07) is 2.70. The third-order valence-corrected chi connectivity index (χ3v) is 2.60. The molecular formula is C9H13N5O2. The molecule has 1 aliphatic carbocycles. The molecule has 1 aromatic heterocycles. The summed E-state index contributed by atoms with van der Waals surface area (Å²) in [5.74, 6) is 5.96. The van der Waals surface area contributed by atoms with Gasteiger partial charge in [0.05, 0.1) is 17.1 Å². The standard InChI is InChI=1S/C9H13N5O2/c1-9(2-3-9)12-7-4-6(14(15)16)5-8(11-7)13-10/h4-5H,2-3,10H2,1H3,(H2,11,12,13). The molecular weight excluding hydrogens is 210 g/mol. The van der Waals surface area contributed by atoms with Gasteiger partial charge in [-0.25, -0.2) is 10.8 Å². The average molecular weight is 223 g/mol. The molecule has 0 saturated heterocycles. The van der Waals surface area contributed by atoms with Crippen molar-refractivity contribution in [3.8, 4) is 0 Å². The number of nitrogens with two attached hydrogens (primary N) is 1. The van der Waals surface area contributed by atoms with Gasteiger partial charge < -0.3 is 10.7 Å². The average Bonchev–Trinajstić information content (AvgIpc) is 2.95. The van der Waals surface area contributed by atoms with Crippen molar-refractivity contribution in [2.75, 3.05) is 10.7 Å². The van der Waals surface area contributed by atoms with E-state index in [-0.39, 0.29) is 17.0 Å². The van der Waals surface area contributed by atoms with Gasteiger partial charge in [0.15, 0.2) is 0 Å². The second kappa shape index (κ2) is 3.60. The van der Waals surface area contributed by atoms with E-state index in [0.717, 1.165) is 12.8 Å². The van der Waals surface area contributed by atoms with Gasteiger partial charge in [0.1, 0.15) is 11.6 Å². The molecule has 1 aliphatic rings. The number of nitrogen functional groups attached to an aromatic ring is 1. The lowest BCUT2D eigenvalue weighted by Crippen LogP contribution is -2.18. The molecule has 16 heavy (non-hydrogen) atoms. The molecule has 0 aliphatic heterocycles. The Kier molecular flexibility index (Phi) is 2.39. The first kappa shape index (κ1) is 10.6. The van der Waals surface area contributed by atoms with Crippen LogP contribution in [0.3, 0.4) is 0 Å². The lowest BCUT2D eigenvalue weighted by Gasteiger charge is -2.12. The van der Waals surface area contributed by atoms with Crippen molar-refractivity contribution in [2.24, 2.45) is 5.84 Å². The minimum Gasteiger partial charge on any atom is -0.365 e. The number of hydrogen-bond donors (Lipinski definition) is 3. The largest absolute Gasteiger partial charge is 0.365 e. The fourth-order valence-electron chi connectivity index (χ4n) is 1.38. The molecule has 1 aromatic rings. The zero-order valence-corrected chi connectivity index (χ0v) is 8.86. The number of aromatic nitrogens is 1. The molecule has 2 rings (SSSR count). The van der Waals surface area contributed by atoms with Crippen LogP contribution in [0.5, 0.6) is 0 Å². The van der Waals surface area contributed by atoms with Crippen molar-refractivity contribution in [2.45, 2.75) is 25.3 Å². The molecule has 1 heterocycles. The van der Waals surface area contributed by atoms with Crippen LogP contribution in [0.2, 0.25) is 0 Å². The SMILES string of the molecule is CC1(Nc2cc([N+](=O)[O-])cc(NN)n2)CC1. The number of nitrogens with zero attached hydrogens (tertiary/aromatic N) is 2. The maximum atomic E-state index is 10.7. The van der Waals surface area contributed by atoms with Crippen LogP contribution in [0.4, 0.5) is 17.3 Å². The van der Waals surface area contributed by atoms with Crippen molar-refractivity contribution in [3.05, 3.63) is 22.2 Å². The first-order chi connectivity index (χ1) is 7.52. The van der Waals surface area contributed by atoms with E-state index in [9.17, 15) is 10.1 Å². The van der Waals surface area contributed by atoms with Crippen LogP contribution in [-0.4, -0.2) is 15.4 Å². The summed E-state index contributed by atoms with van der Waals surface area (Å²) in [6.45, 7) is 2.04. The van der Waals surface area contributed by atoms with Gasteiger partial charge in [0.25, 0.3) is 5.69 Å². The molecule has 0 spiro atoms. The minimum atomic E-state index is -0.469. The first-order valence-corrected chi connectivity index (χ1v) is 4.94. The fraction of sp³-hybridized carbons (Fsp3) is 0.444. The van der Waals surface area contributed by atoms with Crippen LogP contribution in [0, 0.1) is 10.1 Å². The summed E-state index contributed by atoms with van der Waals surface area (Å²) in [4.78, 5) is 14.3. The van der Waals surface area contributed by atoms with Crippen LogP contribution in [-0.2, 0) is 0 Å². The monoisotopic (exact) mass is 223 g/mol. The van der Waals surface area contributed by atoms with Gasteiger partial charge >= 0.3 is 0 Å². The number of pyridine rings is 1. The Hall–Kier alpha value is -1.89. The van der Waals surface area contributed by atoms with Gasteiger partial charge in [-0.15, -0.1) is 0 Å². The topological polar surface area (TPSA) is 106 Å². The van der Waals surface area contributed by atoms with Crippen molar-refractivity contribution < 1.29 is 4.92 Å². The molecule has 0 radical (unpaired) electrons. The highest BCUT2D eigenvalue weighted by Crippen LogP contribution is 2.38. The highest BCUT2D eigenvalue weighted by atomic mass is 16.6. The fourth-order valence-corrected chi connectivity index (χ4v) is 1.38. The molecule has 4 N–H and O–H groups in total. The van der Waals surface area contributed by atoms with E-state index in [1.807, 2.05) is 6.92 Å². The van der Waals surface area contributed by atoms with Gasteiger partial charge in [-0.1, -0.05) is 0 Å². The molecule has 7 nitrogen and oxygen atoms in total. The number of hydrogen-bond acceptors (Lipinski definition) is 6. The van der Waals surface area contributed by atoms with Crippen LogP contribution in [0.15, 0.2) is 12.1 Å². The number of nitrogens with one attached hydrogen (secondary N) is 2. The molecule has 0 aromatic carbocycles. The molecule has 86 valence electrons. The Morgan fingerprint density at radius 2 is 2.12 bits per heavy atom. The van der Waals surface area contributed by atoms with E-state index in [1.54, 1.807) is 0 Å². The van der Waals surface area contributed by atoms with Crippen LogP contribution in [0.1, 0.15) is 19.8 Å². The van der Waals surface area contributed by atoms with E-state index in [1.165, 1.54) is 12.1 Å². The summed E-state index contributed by atoms with van der Waals surface area (Å²) >= 11 is 0. The summed E-state index contributed by atoms with van der Waals surface area (Å²) in [7, 11) is 0. The quantitative estimate of drug-likeness (QED) is 0.403. The van der Waals surface area contributed by atoms with E-state index in [0.29, 0.717) is 5.82 Å². The summed E-state index contributed by atoms with van der Waals surface area (Å²) in [5, 5.41) is 13.8. The van der Waals surface area contributed by atoms with Gasteiger partial charge in [0, 0.05) is 5.54 Å². The second-order valence-electron chi connectivity index (χ2n) is 4.18. The van der Waals surface area contributed by atoms with Gasteiger partial charge in [-0.05, 0) is 19.8 Å². The zero-order valence-electron chi connectivity index (χ0n) is 8.86. The third-order valence-electron chi connectivity index (χ3n) is 2.60. The summed E-state index contributed by atoms with van der Waals surface area (Å²) in [6.07, 6.45) is 2.09. The molecule has 0 amide bonds. The lowest BCUT2D eigenvalue weighted by atomic mass is 10.3. The Morgan fingerprint density at radius 3 is 2.62 bits per heavy atom. The van der Waals surface area contributed by atoms with Crippen LogP contribution < -0.4 is 16.6 Å². The number of hydrazine groups is 1. The third kappa shape index (κ3) is 2.19. The van der Waals surface area contributed by atoms with Gasteiger partial charge in [-0.3, -0.25) is 10.1 Å².